The number of rotatable bonds is 13. The molecule has 0 saturated carbocycles. The van der Waals surface area contributed by atoms with Crippen LogP contribution < -0.4 is 0 Å². The van der Waals surface area contributed by atoms with Crippen molar-refractivity contribution in [2.75, 3.05) is 6.54 Å². The molecule has 0 N–H and O–H groups in total. The van der Waals surface area contributed by atoms with Gasteiger partial charge in [-0.25, -0.2) is 0 Å². The van der Waals surface area contributed by atoms with Gasteiger partial charge in [0.05, 0.1) is 10.8 Å². The summed E-state index contributed by atoms with van der Waals surface area (Å²) in [5.41, 5.74) is -0.0344. The van der Waals surface area contributed by atoms with E-state index in [-0.39, 0.29) is 11.0 Å². The van der Waals surface area contributed by atoms with Crippen LogP contribution in [0.1, 0.15) is 84.5 Å². The minimum Gasteiger partial charge on any atom is -0.254 e. The quantitative estimate of drug-likeness (QED) is 0.223. The molecule has 0 radical (unpaired) electrons. The van der Waals surface area contributed by atoms with Gasteiger partial charge in [-0.05, 0) is 37.5 Å². The Morgan fingerprint density at radius 3 is 1.91 bits per heavy atom. The van der Waals surface area contributed by atoms with E-state index in [1.807, 2.05) is 17.2 Å². The molecule has 1 heterocycles. The molecule has 3 nitrogen and oxygen atoms in total. The van der Waals surface area contributed by atoms with Crippen LogP contribution in [-0.2, 0) is 0 Å². The first-order valence-electron chi connectivity index (χ1n) is 9.49. The molecule has 0 aromatic heterocycles. The maximum absolute atomic E-state index is 11.5. The highest BCUT2D eigenvalue weighted by atomic mass is 16.3. The summed E-state index contributed by atoms with van der Waals surface area (Å²) in [7, 11) is 0. The van der Waals surface area contributed by atoms with Crippen LogP contribution in [0.3, 0.4) is 0 Å². The smallest absolute Gasteiger partial charge is 0.0736 e. The van der Waals surface area contributed by atoms with E-state index in [0.29, 0.717) is 0 Å². The Morgan fingerprint density at radius 1 is 1.00 bits per heavy atom. The summed E-state index contributed by atoms with van der Waals surface area (Å²) >= 11 is 0. The maximum atomic E-state index is 11.5. The van der Waals surface area contributed by atoms with Crippen molar-refractivity contribution in [1.29, 1.82) is 0 Å². The molecule has 0 spiro atoms. The van der Waals surface area contributed by atoms with Gasteiger partial charge in [-0.15, -0.1) is 18.1 Å². The second-order valence-corrected chi connectivity index (χ2v) is 7.17. The molecule has 1 saturated heterocycles. The van der Waals surface area contributed by atoms with Crippen molar-refractivity contribution in [3.05, 3.63) is 30.2 Å². The molecule has 0 aromatic carbocycles. The van der Waals surface area contributed by atoms with Crippen LogP contribution in [-0.4, -0.2) is 17.1 Å². The molecule has 1 aliphatic rings. The molecule has 1 aliphatic heterocycles. The Kier molecular flexibility index (Phi) is 8.57. The molecule has 0 unspecified atom stereocenters. The molecule has 0 bridgehead atoms. The molecule has 1 rings (SSSR count). The third-order valence-electron chi connectivity index (χ3n) is 5.86. The third-order valence-corrected chi connectivity index (χ3v) is 5.86. The summed E-state index contributed by atoms with van der Waals surface area (Å²) in [4.78, 5) is 11.5. The first kappa shape index (κ1) is 19.9. The van der Waals surface area contributed by atoms with Crippen LogP contribution in [0.25, 0.3) is 0 Å². The number of hydrogen-bond acceptors (Lipinski definition) is 2. The molecule has 23 heavy (non-hydrogen) atoms. The summed E-state index contributed by atoms with van der Waals surface area (Å²) in [6.45, 7) is 13.2. The Hall–Kier alpha value is -1.12. The zero-order valence-corrected chi connectivity index (χ0v) is 15.4. The topological polar surface area (TPSA) is 32.7 Å². The maximum Gasteiger partial charge on any atom is 0.0736 e. The van der Waals surface area contributed by atoms with Gasteiger partial charge in [-0.1, -0.05) is 64.5 Å². The van der Waals surface area contributed by atoms with Crippen molar-refractivity contribution in [3.8, 4) is 0 Å². The van der Waals surface area contributed by atoms with E-state index in [4.69, 9.17) is 0 Å². The molecule has 0 atom stereocenters. The number of hydrogen-bond donors (Lipinski definition) is 0. The summed E-state index contributed by atoms with van der Waals surface area (Å²) in [5, 5.41) is 5.25. The van der Waals surface area contributed by atoms with Crippen LogP contribution in [0.5, 0.6) is 0 Å². The Balaban J connectivity index is 3.14. The van der Waals surface area contributed by atoms with Crippen LogP contribution in [0.2, 0.25) is 0 Å². The first-order valence-corrected chi connectivity index (χ1v) is 9.49. The van der Waals surface area contributed by atoms with Gasteiger partial charge in [-0.2, -0.15) is 0 Å². The summed E-state index contributed by atoms with van der Waals surface area (Å²) in [6, 6.07) is 0. The lowest BCUT2D eigenvalue weighted by Crippen LogP contribution is -2.51. The predicted molar refractivity (Wildman–Crippen MR) is 100 cm³/mol. The van der Waals surface area contributed by atoms with Gasteiger partial charge >= 0.3 is 0 Å². The molecule has 132 valence electrons. The summed E-state index contributed by atoms with van der Waals surface area (Å²) in [6.07, 6.45) is 16.5. The Labute approximate surface area is 143 Å². The largest absolute Gasteiger partial charge is 0.254 e. The number of unbranched alkanes of at least 4 members (excludes halogenated alkanes) is 4. The second-order valence-electron chi connectivity index (χ2n) is 7.17. The lowest BCUT2D eigenvalue weighted by molar-refractivity contribution is 0.0203. The normalized spacial score (nSPS) is 18.8. The average Bonchev–Trinajstić information content (AvgIpc) is 2.83. The average molecular weight is 321 g/mol. The van der Waals surface area contributed by atoms with E-state index >= 15 is 0 Å². The second kappa shape index (κ2) is 9.89. The van der Waals surface area contributed by atoms with Gasteiger partial charge in [0.2, 0.25) is 0 Å². The van der Waals surface area contributed by atoms with Crippen LogP contribution in [0.4, 0.5) is 0 Å². The van der Waals surface area contributed by atoms with E-state index in [1.54, 1.807) is 0 Å². The van der Waals surface area contributed by atoms with Crippen molar-refractivity contribution in [2.45, 2.75) is 90.0 Å². The van der Waals surface area contributed by atoms with Crippen molar-refractivity contribution in [2.24, 2.45) is 10.7 Å². The highest BCUT2D eigenvalue weighted by Crippen LogP contribution is 2.56. The van der Waals surface area contributed by atoms with E-state index < -0.39 is 0 Å². The van der Waals surface area contributed by atoms with E-state index in [2.05, 4.69) is 32.3 Å². The predicted octanol–water partition coefficient (Wildman–Crippen LogP) is 6.41. The summed E-state index contributed by atoms with van der Waals surface area (Å²) < 4.78 is 0. The lowest BCUT2D eigenvalue weighted by Gasteiger charge is -2.48. The van der Waals surface area contributed by atoms with Gasteiger partial charge in [0.15, 0.2) is 0 Å². The van der Waals surface area contributed by atoms with Gasteiger partial charge in [0, 0.05) is 6.54 Å². The molecule has 1 fully saturated rings. The summed E-state index contributed by atoms with van der Waals surface area (Å²) in [5.74, 6) is 0. The van der Waals surface area contributed by atoms with Gasteiger partial charge in [-0.3, -0.25) is 5.01 Å². The molecule has 0 amide bonds. The van der Waals surface area contributed by atoms with Crippen LogP contribution in [0.15, 0.2) is 30.6 Å². The van der Waals surface area contributed by atoms with Crippen molar-refractivity contribution in [1.82, 2.24) is 5.01 Å². The lowest BCUT2D eigenvalue weighted by atomic mass is 9.61. The fraction of sp³-hybridized carbons (Fsp3) is 0.800. The minimum atomic E-state index is -0.209. The van der Waals surface area contributed by atoms with Crippen LogP contribution >= 0.6 is 0 Å². The van der Waals surface area contributed by atoms with Crippen molar-refractivity contribution in [3.63, 3.8) is 0 Å². The van der Waals surface area contributed by atoms with E-state index in [1.165, 1.54) is 51.4 Å². The fourth-order valence-corrected chi connectivity index (χ4v) is 4.63. The Bertz CT molecular complexity index is 358. The van der Waals surface area contributed by atoms with Crippen LogP contribution in [0, 0.1) is 10.3 Å². The highest BCUT2D eigenvalue weighted by molar-refractivity contribution is 5.14. The third kappa shape index (κ3) is 4.24. The monoisotopic (exact) mass is 320 g/mol. The minimum absolute atomic E-state index is 0.174. The zero-order chi connectivity index (χ0) is 17.2. The van der Waals surface area contributed by atoms with E-state index in [0.717, 1.165) is 25.8 Å². The van der Waals surface area contributed by atoms with E-state index in [9.17, 15) is 4.91 Å². The van der Waals surface area contributed by atoms with Crippen molar-refractivity contribution >= 4 is 0 Å². The SMILES string of the molecule is C=CCC1(CC=C)N(N=O)CCC1(CCCCC)CCCCC. The van der Waals surface area contributed by atoms with Gasteiger partial charge < -0.3 is 0 Å². The molecule has 3 heteroatoms. The molecule has 0 aromatic rings. The van der Waals surface area contributed by atoms with Crippen molar-refractivity contribution < 1.29 is 0 Å². The standard InChI is InChI=1S/C20H36N2O/c1-5-9-11-15-19(16-12-10-6-2)17-18-22(21-23)20(19,13-7-3)14-8-4/h7-8H,3-6,9-18H2,1-2H3. The van der Waals surface area contributed by atoms with Gasteiger partial charge in [0.25, 0.3) is 0 Å². The fourth-order valence-electron chi connectivity index (χ4n) is 4.63. The highest BCUT2D eigenvalue weighted by Gasteiger charge is 2.57. The first-order chi connectivity index (χ1) is 11.2. The zero-order valence-electron chi connectivity index (χ0n) is 15.4. The number of nitroso groups, excluding NO2 is 1. The van der Waals surface area contributed by atoms with Gasteiger partial charge in [0.1, 0.15) is 0 Å². The number of nitrogens with zero attached hydrogens (tertiary/aromatic N) is 2. The Morgan fingerprint density at radius 2 is 1.52 bits per heavy atom. The molecule has 0 aliphatic carbocycles. The molecular weight excluding hydrogens is 284 g/mol. The molecular formula is C20H36N2O.